The Balaban J connectivity index is 1.55. The van der Waals surface area contributed by atoms with Crippen LogP contribution in [0.25, 0.3) is 0 Å². The topological polar surface area (TPSA) is 84.9 Å². The molecule has 2 aliphatic rings. The van der Waals surface area contributed by atoms with Crippen molar-refractivity contribution in [3.63, 3.8) is 0 Å². The molecule has 1 unspecified atom stereocenters. The van der Waals surface area contributed by atoms with E-state index in [1.54, 1.807) is 30.3 Å². The summed E-state index contributed by atoms with van der Waals surface area (Å²) < 4.78 is 10.7. The largest absolute Gasteiger partial charge is 0.497 e. The summed E-state index contributed by atoms with van der Waals surface area (Å²) in [6.07, 6.45) is 1.95. The fraction of sp³-hybridized carbons (Fsp3) is 0.286. The zero-order chi connectivity index (χ0) is 19.7. The molecule has 7 heteroatoms. The van der Waals surface area contributed by atoms with E-state index in [0.29, 0.717) is 23.5 Å². The first-order valence-electron chi connectivity index (χ1n) is 9.15. The third kappa shape index (κ3) is 3.25. The van der Waals surface area contributed by atoms with Crippen LogP contribution in [0.2, 0.25) is 0 Å². The standard InChI is InChI=1S/C21H20N2O5/c1-27-15-5-2-4-14(11-15)23-20(25)17-8-7-13(10-18(17)21(23)26)19(24)22-12-16-6-3-9-28-16/h2,4-5,7-8,10-11,16H,3,6,9,12H2,1H3,(H,22,24). The van der Waals surface area contributed by atoms with Gasteiger partial charge in [-0.2, -0.15) is 0 Å². The van der Waals surface area contributed by atoms with Crippen LogP contribution in [-0.4, -0.2) is 44.1 Å². The number of methoxy groups -OCH3 is 1. The van der Waals surface area contributed by atoms with Crippen molar-refractivity contribution >= 4 is 23.4 Å². The van der Waals surface area contributed by atoms with Gasteiger partial charge in [-0.05, 0) is 43.2 Å². The average Bonchev–Trinajstić information content (AvgIpc) is 3.33. The Morgan fingerprint density at radius 1 is 1.18 bits per heavy atom. The van der Waals surface area contributed by atoms with Gasteiger partial charge in [-0.3, -0.25) is 14.4 Å². The monoisotopic (exact) mass is 380 g/mol. The molecule has 0 spiro atoms. The second-order valence-electron chi connectivity index (χ2n) is 6.75. The Morgan fingerprint density at radius 2 is 2.00 bits per heavy atom. The van der Waals surface area contributed by atoms with E-state index >= 15 is 0 Å². The van der Waals surface area contributed by atoms with Crippen molar-refractivity contribution < 1.29 is 23.9 Å². The normalized spacial score (nSPS) is 18.3. The number of carbonyl (C=O) groups is 3. The maximum absolute atomic E-state index is 12.9. The van der Waals surface area contributed by atoms with Crippen molar-refractivity contribution in [3.8, 4) is 5.75 Å². The number of nitrogens with one attached hydrogen (secondary N) is 1. The van der Waals surface area contributed by atoms with Crippen molar-refractivity contribution in [1.29, 1.82) is 0 Å². The van der Waals surface area contributed by atoms with E-state index in [1.807, 2.05) is 0 Å². The Kier molecular flexibility index (Phi) is 4.83. The van der Waals surface area contributed by atoms with Gasteiger partial charge in [0.05, 0.1) is 30.0 Å². The molecule has 2 aromatic rings. The van der Waals surface area contributed by atoms with E-state index in [2.05, 4.69) is 5.32 Å². The fourth-order valence-corrected chi connectivity index (χ4v) is 3.48. The Labute approximate surface area is 162 Å². The van der Waals surface area contributed by atoms with Crippen molar-refractivity contribution in [2.75, 3.05) is 25.2 Å². The number of ether oxygens (including phenoxy) is 2. The number of imide groups is 1. The third-order valence-electron chi connectivity index (χ3n) is 4.97. The molecule has 0 aromatic heterocycles. The van der Waals surface area contributed by atoms with E-state index in [1.165, 1.54) is 19.2 Å². The van der Waals surface area contributed by atoms with Crippen LogP contribution >= 0.6 is 0 Å². The minimum atomic E-state index is -0.456. The SMILES string of the molecule is COc1cccc(N2C(=O)c3ccc(C(=O)NCC4CCCO4)cc3C2=O)c1. The molecular weight excluding hydrogens is 360 g/mol. The van der Waals surface area contributed by atoms with Crippen molar-refractivity contribution in [2.24, 2.45) is 0 Å². The molecule has 7 nitrogen and oxygen atoms in total. The number of anilines is 1. The lowest BCUT2D eigenvalue weighted by Gasteiger charge is -2.14. The second-order valence-corrected chi connectivity index (χ2v) is 6.75. The Hall–Kier alpha value is -3.19. The number of amides is 3. The highest BCUT2D eigenvalue weighted by Gasteiger charge is 2.37. The van der Waals surface area contributed by atoms with E-state index in [9.17, 15) is 14.4 Å². The van der Waals surface area contributed by atoms with Gasteiger partial charge in [0.1, 0.15) is 5.75 Å². The van der Waals surface area contributed by atoms with E-state index in [0.717, 1.165) is 24.3 Å². The van der Waals surface area contributed by atoms with Crippen LogP contribution in [-0.2, 0) is 4.74 Å². The highest BCUT2D eigenvalue weighted by molar-refractivity contribution is 6.34. The number of fused-ring (bicyclic) bond motifs is 1. The van der Waals surface area contributed by atoms with Gasteiger partial charge in [0, 0.05) is 24.8 Å². The van der Waals surface area contributed by atoms with Crippen LogP contribution in [0, 0.1) is 0 Å². The number of hydrogen-bond acceptors (Lipinski definition) is 5. The van der Waals surface area contributed by atoms with Gasteiger partial charge in [-0.15, -0.1) is 0 Å². The van der Waals surface area contributed by atoms with Crippen molar-refractivity contribution in [2.45, 2.75) is 18.9 Å². The molecule has 2 aliphatic heterocycles. The number of carbonyl (C=O) groups excluding carboxylic acids is 3. The lowest BCUT2D eigenvalue weighted by atomic mass is 10.1. The van der Waals surface area contributed by atoms with Crippen LogP contribution in [0.15, 0.2) is 42.5 Å². The molecule has 2 aromatic carbocycles. The maximum Gasteiger partial charge on any atom is 0.266 e. The van der Waals surface area contributed by atoms with Gasteiger partial charge in [-0.25, -0.2) is 4.90 Å². The molecule has 1 saturated heterocycles. The van der Waals surface area contributed by atoms with Gasteiger partial charge < -0.3 is 14.8 Å². The smallest absolute Gasteiger partial charge is 0.266 e. The lowest BCUT2D eigenvalue weighted by molar-refractivity contribution is 0.0857. The van der Waals surface area contributed by atoms with Gasteiger partial charge in [0.15, 0.2) is 0 Å². The average molecular weight is 380 g/mol. The molecule has 4 rings (SSSR count). The van der Waals surface area contributed by atoms with Gasteiger partial charge in [0.2, 0.25) is 0 Å². The fourth-order valence-electron chi connectivity index (χ4n) is 3.48. The predicted molar refractivity (Wildman–Crippen MR) is 102 cm³/mol. The van der Waals surface area contributed by atoms with E-state index in [4.69, 9.17) is 9.47 Å². The molecule has 144 valence electrons. The number of hydrogen-bond donors (Lipinski definition) is 1. The van der Waals surface area contributed by atoms with E-state index < -0.39 is 11.8 Å². The predicted octanol–water partition coefficient (Wildman–Crippen LogP) is 2.40. The number of benzene rings is 2. The van der Waals surface area contributed by atoms with Crippen LogP contribution in [0.5, 0.6) is 5.75 Å². The summed E-state index contributed by atoms with van der Waals surface area (Å²) in [6, 6.07) is 11.3. The van der Waals surface area contributed by atoms with E-state index in [-0.39, 0.29) is 23.1 Å². The molecule has 0 bridgehead atoms. The molecule has 28 heavy (non-hydrogen) atoms. The zero-order valence-electron chi connectivity index (χ0n) is 15.4. The summed E-state index contributed by atoms with van der Waals surface area (Å²) in [4.78, 5) is 39.1. The second kappa shape index (κ2) is 7.44. The first-order chi connectivity index (χ1) is 13.6. The number of nitrogens with zero attached hydrogens (tertiary/aromatic N) is 1. The Bertz CT molecular complexity index is 950. The van der Waals surface area contributed by atoms with Crippen LogP contribution in [0.3, 0.4) is 0 Å². The first kappa shape index (κ1) is 18.2. The summed E-state index contributed by atoms with van der Waals surface area (Å²) in [7, 11) is 1.52. The van der Waals surface area contributed by atoms with Crippen LogP contribution < -0.4 is 15.0 Å². The first-order valence-corrected chi connectivity index (χ1v) is 9.15. The summed E-state index contributed by atoms with van der Waals surface area (Å²) in [6.45, 7) is 1.15. The Morgan fingerprint density at radius 3 is 2.75 bits per heavy atom. The molecule has 2 heterocycles. The minimum absolute atomic E-state index is 0.0325. The highest BCUT2D eigenvalue weighted by Crippen LogP contribution is 2.31. The van der Waals surface area contributed by atoms with Crippen LogP contribution in [0.1, 0.15) is 43.9 Å². The molecule has 0 radical (unpaired) electrons. The summed E-state index contributed by atoms with van der Waals surface area (Å²) in [5, 5.41) is 2.83. The van der Waals surface area contributed by atoms with Gasteiger partial charge in [-0.1, -0.05) is 6.07 Å². The number of rotatable bonds is 5. The van der Waals surface area contributed by atoms with Gasteiger partial charge >= 0.3 is 0 Å². The third-order valence-corrected chi connectivity index (χ3v) is 4.97. The molecule has 1 fully saturated rings. The molecule has 1 atom stereocenters. The molecule has 0 saturated carbocycles. The van der Waals surface area contributed by atoms with Crippen molar-refractivity contribution in [3.05, 3.63) is 59.2 Å². The van der Waals surface area contributed by atoms with Crippen LogP contribution in [0.4, 0.5) is 5.69 Å². The highest BCUT2D eigenvalue weighted by atomic mass is 16.5. The molecular formula is C21H20N2O5. The molecule has 0 aliphatic carbocycles. The molecule has 1 N–H and O–H groups in total. The maximum atomic E-state index is 12.9. The van der Waals surface area contributed by atoms with Gasteiger partial charge in [0.25, 0.3) is 17.7 Å². The lowest BCUT2D eigenvalue weighted by Crippen LogP contribution is -2.31. The summed E-state index contributed by atoms with van der Waals surface area (Å²) in [5.74, 6) is -0.622. The quantitative estimate of drug-likeness (QED) is 0.805. The minimum Gasteiger partial charge on any atom is -0.497 e. The summed E-state index contributed by atoms with van der Waals surface area (Å²) >= 11 is 0. The summed E-state index contributed by atoms with van der Waals surface area (Å²) in [5.41, 5.74) is 1.27. The zero-order valence-corrected chi connectivity index (χ0v) is 15.4. The molecule has 3 amide bonds. The van der Waals surface area contributed by atoms with Crippen molar-refractivity contribution in [1.82, 2.24) is 5.32 Å².